The zero-order valence-electron chi connectivity index (χ0n) is 17.9. The van der Waals surface area contributed by atoms with E-state index in [0.29, 0.717) is 27.7 Å². The van der Waals surface area contributed by atoms with E-state index in [4.69, 9.17) is 5.73 Å². The second-order valence-electron chi connectivity index (χ2n) is 7.26. The third-order valence-corrected chi connectivity index (χ3v) is 6.93. The van der Waals surface area contributed by atoms with Crippen molar-refractivity contribution in [2.45, 2.75) is 18.4 Å². The van der Waals surface area contributed by atoms with E-state index >= 15 is 0 Å². The number of carbonyl (C=O) groups is 1. The Bertz CT molecular complexity index is 1300. The van der Waals surface area contributed by atoms with E-state index in [1.54, 1.807) is 41.8 Å². The first-order valence-corrected chi connectivity index (χ1v) is 11.0. The Labute approximate surface area is 192 Å². The number of fused-ring (bicyclic) bond motifs is 1. The number of allylic oxidation sites excluding steroid dienone is 1. The predicted octanol–water partition coefficient (Wildman–Crippen LogP) is 3.80. The van der Waals surface area contributed by atoms with Gasteiger partial charge in [-0.05, 0) is 36.8 Å². The van der Waals surface area contributed by atoms with E-state index in [1.807, 2.05) is 0 Å². The van der Waals surface area contributed by atoms with E-state index in [9.17, 15) is 22.7 Å². The van der Waals surface area contributed by atoms with Crippen LogP contribution in [0.15, 0.2) is 59.3 Å². The van der Waals surface area contributed by atoms with Crippen LogP contribution >= 0.6 is 12.4 Å². The highest BCUT2D eigenvalue weighted by atomic mass is 35.5. The van der Waals surface area contributed by atoms with E-state index in [0.717, 1.165) is 4.31 Å². The normalized spacial score (nSPS) is 12.2. The van der Waals surface area contributed by atoms with Crippen LogP contribution in [0.2, 0.25) is 0 Å². The van der Waals surface area contributed by atoms with Gasteiger partial charge in [-0.15, -0.1) is 12.4 Å². The van der Waals surface area contributed by atoms with Crippen LogP contribution in [-0.2, 0) is 16.6 Å². The fraction of sp³-hybridized carbons (Fsp3) is 0.227. The molecule has 7 nitrogen and oxygen atoms in total. The standard InChI is InChI=1S/C22H24FN3O4S.ClH/c1-14-20(15-6-4-7-17(12-15)31(29,30)25(2)3)18-8-5-9-19(22(27)28)21(18)26(14)13-16(23)10-11-24;/h4-10,12H,11,13,24H2,1-3H3,(H,27,28);1H. The molecule has 0 spiro atoms. The Morgan fingerprint density at radius 3 is 2.47 bits per heavy atom. The molecule has 3 N–H and O–H groups in total. The van der Waals surface area contributed by atoms with Crippen molar-refractivity contribution >= 4 is 39.3 Å². The number of aromatic carboxylic acids is 1. The van der Waals surface area contributed by atoms with Crippen molar-refractivity contribution < 1.29 is 22.7 Å². The van der Waals surface area contributed by atoms with Gasteiger partial charge in [0.1, 0.15) is 5.83 Å². The Balaban J connectivity index is 0.00000363. The summed E-state index contributed by atoms with van der Waals surface area (Å²) < 4.78 is 42.3. The summed E-state index contributed by atoms with van der Waals surface area (Å²) in [4.78, 5) is 12.0. The van der Waals surface area contributed by atoms with Crippen LogP contribution in [0.4, 0.5) is 4.39 Å². The van der Waals surface area contributed by atoms with Gasteiger partial charge in [-0.25, -0.2) is 21.9 Å². The minimum Gasteiger partial charge on any atom is -0.478 e. The Morgan fingerprint density at radius 2 is 1.88 bits per heavy atom. The van der Waals surface area contributed by atoms with Gasteiger partial charge >= 0.3 is 5.97 Å². The summed E-state index contributed by atoms with van der Waals surface area (Å²) in [5.41, 5.74) is 7.66. The van der Waals surface area contributed by atoms with Crippen LogP contribution in [0.25, 0.3) is 22.0 Å². The fourth-order valence-electron chi connectivity index (χ4n) is 3.63. The maximum Gasteiger partial charge on any atom is 0.337 e. The van der Waals surface area contributed by atoms with E-state index < -0.39 is 21.8 Å². The largest absolute Gasteiger partial charge is 0.478 e. The minimum atomic E-state index is -3.67. The van der Waals surface area contributed by atoms with Gasteiger partial charge in [0.25, 0.3) is 0 Å². The number of carboxylic acid groups (broad SMARTS) is 1. The number of hydrogen-bond donors (Lipinski definition) is 2. The second-order valence-corrected chi connectivity index (χ2v) is 9.41. The van der Waals surface area contributed by atoms with E-state index in [-0.39, 0.29) is 36.0 Å². The first-order chi connectivity index (χ1) is 14.6. The molecule has 3 rings (SSSR count). The Kier molecular flexibility index (Phi) is 7.84. The highest BCUT2D eigenvalue weighted by molar-refractivity contribution is 7.89. The third kappa shape index (κ3) is 4.56. The summed E-state index contributed by atoms with van der Waals surface area (Å²) >= 11 is 0. The molecule has 3 aromatic rings. The molecule has 0 saturated carbocycles. The van der Waals surface area contributed by atoms with E-state index in [1.165, 1.54) is 32.3 Å². The molecule has 0 saturated heterocycles. The molecule has 0 unspecified atom stereocenters. The van der Waals surface area contributed by atoms with Crippen LogP contribution in [0.3, 0.4) is 0 Å². The third-order valence-electron chi connectivity index (χ3n) is 5.12. The molecular weight excluding hydrogens is 457 g/mol. The van der Waals surface area contributed by atoms with Gasteiger partial charge in [-0.2, -0.15) is 0 Å². The molecular formula is C22H25ClFN3O4S. The molecule has 0 fully saturated rings. The lowest BCUT2D eigenvalue weighted by Crippen LogP contribution is -2.22. The number of carboxylic acids is 1. The molecule has 172 valence electrons. The van der Waals surface area contributed by atoms with Crippen LogP contribution in [-0.4, -0.2) is 49.0 Å². The molecule has 1 heterocycles. The van der Waals surface area contributed by atoms with Crippen molar-refractivity contribution in [2.75, 3.05) is 20.6 Å². The lowest BCUT2D eigenvalue weighted by Gasteiger charge is -2.13. The number of benzene rings is 2. The van der Waals surface area contributed by atoms with Crippen LogP contribution in [0, 0.1) is 6.92 Å². The fourth-order valence-corrected chi connectivity index (χ4v) is 4.58. The summed E-state index contributed by atoms with van der Waals surface area (Å²) in [5.74, 6) is -1.62. The van der Waals surface area contributed by atoms with Crippen molar-refractivity contribution in [3.8, 4) is 11.1 Å². The van der Waals surface area contributed by atoms with Crippen LogP contribution < -0.4 is 5.73 Å². The molecule has 10 heteroatoms. The van der Waals surface area contributed by atoms with Gasteiger partial charge < -0.3 is 15.4 Å². The first kappa shape index (κ1) is 25.5. The highest BCUT2D eigenvalue weighted by Gasteiger charge is 2.23. The topological polar surface area (TPSA) is 106 Å². The van der Waals surface area contributed by atoms with Crippen LogP contribution in [0.5, 0.6) is 0 Å². The first-order valence-electron chi connectivity index (χ1n) is 9.52. The Hall–Kier alpha value is -2.72. The number of aromatic nitrogens is 1. The average molecular weight is 482 g/mol. The molecule has 0 aliphatic heterocycles. The van der Waals surface area contributed by atoms with Crippen molar-refractivity contribution in [1.82, 2.24) is 8.87 Å². The van der Waals surface area contributed by atoms with Gasteiger partial charge in [0.15, 0.2) is 0 Å². The summed E-state index contributed by atoms with van der Waals surface area (Å²) in [6, 6.07) is 11.2. The number of rotatable bonds is 7. The number of hydrogen-bond acceptors (Lipinski definition) is 4. The molecule has 0 aliphatic carbocycles. The van der Waals surface area contributed by atoms with E-state index in [2.05, 4.69) is 0 Å². The van der Waals surface area contributed by atoms with Gasteiger partial charge in [0.05, 0.1) is 22.5 Å². The number of sulfonamides is 1. The Morgan fingerprint density at radius 1 is 1.22 bits per heavy atom. The maximum absolute atomic E-state index is 14.4. The van der Waals surface area contributed by atoms with Crippen molar-refractivity contribution in [1.29, 1.82) is 0 Å². The van der Waals surface area contributed by atoms with Gasteiger partial charge in [0.2, 0.25) is 10.0 Å². The summed E-state index contributed by atoms with van der Waals surface area (Å²) in [5, 5.41) is 10.3. The molecule has 2 aromatic carbocycles. The summed E-state index contributed by atoms with van der Waals surface area (Å²) in [6.45, 7) is 1.59. The van der Waals surface area contributed by atoms with Gasteiger partial charge in [-0.3, -0.25) is 0 Å². The summed E-state index contributed by atoms with van der Waals surface area (Å²) in [6.07, 6.45) is 1.23. The van der Waals surface area contributed by atoms with Crippen molar-refractivity contribution in [2.24, 2.45) is 5.73 Å². The van der Waals surface area contributed by atoms with Gasteiger partial charge in [0, 0.05) is 37.3 Å². The van der Waals surface area contributed by atoms with Gasteiger partial charge in [-0.1, -0.05) is 24.3 Å². The molecule has 32 heavy (non-hydrogen) atoms. The quantitative estimate of drug-likeness (QED) is 0.534. The monoisotopic (exact) mass is 481 g/mol. The molecule has 0 atom stereocenters. The smallest absolute Gasteiger partial charge is 0.337 e. The zero-order chi connectivity index (χ0) is 22.9. The lowest BCUT2D eigenvalue weighted by molar-refractivity contribution is 0.0698. The van der Waals surface area contributed by atoms with Crippen molar-refractivity contribution in [3.05, 3.63) is 65.6 Å². The molecule has 0 aliphatic rings. The molecule has 0 radical (unpaired) electrons. The molecule has 1 aromatic heterocycles. The molecule has 0 amide bonds. The highest BCUT2D eigenvalue weighted by Crippen LogP contribution is 2.37. The van der Waals surface area contributed by atoms with Crippen LogP contribution in [0.1, 0.15) is 16.1 Å². The predicted molar refractivity (Wildman–Crippen MR) is 125 cm³/mol. The SMILES string of the molecule is Cc1c(-c2cccc(S(=O)(=O)N(C)C)c2)c2cccc(C(=O)O)c2n1CC(F)=CCN.Cl. The number of para-hydroxylation sites is 1. The number of halogens is 2. The number of nitrogens with zero attached hydrogens (tertiary/aromatic N) is 2. The lowest BCUT2D eigenvalue weighted by atomic mass is 10.0. The second kappa shape index (κ2) is 9.83. The number of nitrogens with two attached hydrogens (primary N) is 1. The minimum absolute atomic E-state index is 0. The molecule has 0 bridgehead atoms. The summed E-state index contributed by atoms with van der Waals surface area (Å²) in [7, 11) is -0.767. The maximum atomic E-state index is 14.4. The average Bonchev–Trinajstić information content (AvgIpc) is 2.99. The van der Waals surface area contributed by atoms with Crippen molar-refractivity contribution in [3.63, 3.8) is 0 Å². The zero-order valence-corrected chi connectivity index (χ0v) is 19.5.